The summed E-state index contributed by atoms with van der Waals surface area (Å²) < 4.78 is 1.61. The second-order valence-electron chi connectivity index (χ2n) is 3.27. The smallest absolute Gasteiger partial charge is 0.307 e. The van der Waals surface area contributed by atoms with Gasteiger partial charge in [0, 0.05) is 17.1 Å². The highest BCUT2D eigenvalue weighted by Gasteiger charge is 2.18. The van der Waals surface area contributed by atoms with Crippen LogP contribution in [0.1, 0.15) is 6.92 Å². The highest BCUT2D eigenvalue weighted by molar-refractivity contribution is 7.98. The molecular weight excluding hydrogens is 208 g/mol. The van der Waals surface area contributed by atoms with Crippen molar-refractivity contribution in [3.8, 4) is 0 Å². The second-order valence-corrected chi connectivity index (χ2v) is 4.62. The fraction of sp³-hybridized carbons (Fsp3) is 0.182. The number of anilines is 1. The number of benzene rings is 1. The van der Waals surface area contributed by atoms with Gasteiger partial charge in [-0.05, 0) is 31.0 Å². The number of hydrogen-bond donors (Lipinski definition) is 1. The zero-order chi connectivity index (χ0) is 10.7. The molecule has 1 N–H and O–H groups in total. The summed E-state index contributed by atoms with van der Waals surface area (Å²) in [6.07, 6.45) is 3.79. The van der Waals surface area contributed by atoms with Crippen LogP contribution in [0.15, 0.2) is 42.6 Å². The Hall–Kier alpha value is -1.42. The fourth-order valence-corrected chi connectivity index (χ4v) is 2.05. The van der Waals surface area contributed by atoms with E-state index >= 15 is 0 Å². The molecule has 1 aliphatic heterocycles. The lowest BCUT2D eigenvalue weighted by atomic mass is 10.3. The van der Waals surface area contributed by atoms with Crippen LogP contribution in [0.25, 0.3) is 0 Å². The lowest BCUT2D eigenvalue weighted by molar-refractivity contribution is 0.245. The number of amides is 2. The Labute approximate surface area is 93.3 Å². The van der Waals surface area contributed by atoms with E-state index in [0.29, 0.717) is 5.25 Å². The van der Waals surface area contributed by atoms with Crippen LogP contribution < -0.4 is 5.32 Å². The first-order valence-corrected chi connectivity index (χ1v) is 5.60. The third-order valence-electron chi connectivity index (χ3n) is 2.00. The molecule has 0 bridgehead atoms. The van der Waals surface area contributed by atoms with Crippen molar-refractivity contribution in [2.24, 2.45) is 0 Å². The number of nitrogens with zero attached hydrogens (tertiary/aromatic N) is 1. The van der Waals surface area contributed by atoms with E-state index in [1.54, 1.807) is 10.5 Å². The first-order valence-electron chi connectivity index (χ1n) is 4.76. The minimum atomic E-state index is -0.105. The fourth-order valence-electron chi connectivity index (χ4n) is 1.26. The standard InChI is InChI=1S/C11H12N2OS/c1-9-7-8-13(15-9)11(14)12-10-5-3-2-4-6-10/h2-9H,1H3,(H,12,14). The lowest BCUT2D eigenvalue weighted by Crippen LogP contribution is -2.23. The quantitative estimate of drug-likeness (QED) is 0.738. The van der Waals surface area contributed by atoms with Crippen LogP contribution in [0.3, 0.4) is 0 Å². The topological polar surface area (TPSA) is 32.3 Å². The molecule has 0 saturated carbocycles. The van der Waals surface area contributed by atoms with Crippen molar-refractivity contribution >= 4 is 23.7 Å². The zero-order valence-corrected chi connectivity index (χ0v) is 9.20. The van der Waals surface area contributed by atoms with E-state index in [9.17, 15) is 4.79 Å². The summed E-state index contributed by atoms with van der Waals surface area (Å²) in [7, 11) is 0. The molecule has 0 saturated heterocycles. The molecule has 0 aliphatic carbocycles. The molecule has 3 nitrogen and oxygen atoms in total. The van der Waals surface area contributed by atoms with Gasteiger partial charge in [-0.2, -0.15) is 0 Å². The summed E-state index contributed by atoms with van der Waals surface area (Å²) in [5.41, 5.74) is 0.816. The number of carbonyl (C=O) groups excluding carboxylic acids is 1. The lowest BCUT2D eigenvalue weighted by Gasteiger charge is -2.14. The first-order chi connectivity index (χ1) is 7.25. The summed E-state index contributed by atoms with van der Waals surface area (Å²) in [6.45, 7) is 2.05. The maximum Gasteiger partial charge on any atom is 0.336 e. The summed E-state index contributed by atoms with van der Waals surface area (Å²) in [4.78, 5) is 11.7. The van der Waals surface area contributed by atoms with E-state index < -0.39 is 0 Å². The second kappa shape index (κ2) is 4.40. The van der Waals surface area contributed by atoms with Crippen molar-refractivity contribution in [2.75, 3.05) is 5.32 Å². The minimum Gasteiger partial charge on any atom is -0.307 e. The van der Waals surface area contributed by atoms with E-state index in [1.165, 1.54) is 11.9 Å². The van der Waals surface area contributed by atoms with Crippen molar-refractivity contribution in [3.63, 3.8) is 0 Å². The van der Waals surface area contributed by atoms with Crippen molar-refractivity contribution in [1.29, 1.82) is 0 Å². The Morgan fingerprint density at radius 1 is 1.40 bits per heavy atom. The Kier molecular flexibility index (Phi) is 2.97. The predicted octanol–water partition coefficient (Wildman–Crippen LogP) is 3.08. The Bertz CT molecular complexity index is 377. The van der Waals surface area contributed by atoms with Gasteiger partial charge in [0.2, 0.25) is 0 Å². The molecule has 1 aromatic rings. The van der Waals surface area contributed by atoms with Crippen LogP contribution >= 0.6 is 11.9 Å². The van der Waals surface area contributed by atoms with Crippen LogP contribution in [-0.4, -0.2) is 15.6 Å². The van der Waals surface area contributed by atoms with Crippen molar-refractivity contribution < 1.29 is 4.79 Å². The molecule has 1 aromatic carbocycles. The van der Waals surface area contributed by atoms with Gasteiger partial charge in [0.1, 0.15) is 0 Å². The molecule has 0 spiro atoms. The van der Waals surface area contributed by atoms with Crippen LogP contribution in [0.5, 0.6) is 0 Å². The van der Waals surface area contributed by atoms with Crippen LogP contribution in [0, 0.1) is 0 Å². The van der Waals surface area contributed by atoms with E-state index in [2.05, 4.69) is 12.2 Å². The van der Waals surface area contributed by atoms with Gasteiger partial charge in [-0.25, -0.2) is 9.10 Å². The van der Waals surface area contributed by atoms with E-state index in [4.69, 9.17) is 0 Å². The van der Waals surface area contributed by atoms with Gasteiger partial charge >= 0.3 is 6.03 Å². The average molecular weight is 220 g/mol. The number of urea groups is 1. The van der Waals surface area contributed by atoms with E-state index in [-0.39, 0.29) is 6.03 Å². The molecule has 78 valence electrons. The molecule has 2 amide bonds. The normalized spacial score (nSPS) is 19.3. The van der Waals surface area contributed by atoms with Crippen molar-refractivity contribution in [1.82, 2.24) is 4.31 Å². The molecule has 15 heavy (non-hydrogen) atoms. The number of nitrogens with one attached hydrogen (secondary N) is 1. The Morgan fingerprint density at radius 2 is 2.13 bits per heavy atom. The highest BCUT2D eigenvalue weighted by Crippen LogP contribution is 2.25. The summed E-state index contributed by atoms with van der Waals surface area (Å²) in [6, 6.07) is 9.34. The number of para-hydroxylation sites is 1. The first kappa shape index (κ1) is 10.1. The average Bonchev–Trinajstić information content (AvgIpc) is 2.66. The number of hydrogen-bond acceptors (Lipinski definition) is 2. The van der Waals surface area contributed by atoms with Gasteiger partial charge < -0.3 is 5.32 Å². The molecule has 0 radical (unpaired) electrons. The maximum atomic E-state index is 11.7. The Balaban J connectivity index is 1.96. The predicted molar refractivity (Wildman–Crippen MR) is 63.5 cm³/mol. The van der Waals surface area contributed by atoms with Gasteiger partial charge in [-0.15, -0.1) is 0 Å². The zero-order valence-electron chi connectivity index (χ0n) is 8.38. The molecule has 2 rings (SSSR count). The molecular formula is C11H12N2OS. The van der Waals surface area contributed by atoms with Gasteiger partial charge in [0.05, 0.1) is 0 Å². The number of rotatable bonds is 1. The molecule has 1 heterocycles. The van der Waals surface area contributed by atoms with E-state index in [1.807, 2.05) is 36.4 Å². The van der Waals surface area contributed by atoms with Crippen molar-refractivity contribution in [3.05, 3.63) is 42.6 Å². The molecule has 0 aromatic heterocycles. The summed E-state index contributed by atoms with van der Waals surface area (Å²) in [5.74, 6) is 0. The largest absolute Gasteiger partial charge is 0.336 e. The van der Waals surface area contributed by atoms with Gasteiger partial charge in [-0.1, -0.05) is 24.3 Å². The monoisotopic (exact) mass is 220 g/mol. The van der Waals surface area contributed by atoms with Crippen LogP contribution in [0.2, 0.25) is 0 Å². The van der Waals surface area contributed by atoms with Gasteiger partial charge in [0.25, 0.3) is 0 Å². The minimum absolute atomic E-state index is 0.105. The molecule has 1 atom stereocenters. The maximum absolute atomic E-state index is 11.7. The molecule has 1 unspecified atom stereocenters. The highest BCUT2D eigenvalue weighted by atomic mass is 32.2. The molecule has 0 fully saturated rings. The third kappa shape index (κ3) is 2.53. The summed E-state index contributed by atoms with van der Waals surface area (Å²) in [5, 5.41) is 3.19. The van der Waals surface area contributed by atoms with Crippen LogP contribution in [-0.2, 0) is 0 Å². The van der Waals surface area contributed by atoms with Gasteiger partial charge in [-0.3, -0.25) is 0 Å². The van der Waals surface area contributed by atoms with Gasteiger partial charge in [0.15, 0.2) is 0 Å². The Morgan fingerprint density at radius 3 is 2.73 bits per heavy atom. The molecule has 4 heteroatoms. The molecule has 1 aliphatic rings. The van der Waals surface area contributed by atoms with Crippen molar-refractivity contribution in [2.45, 2.75) is 12.2 Å². The SMILES string of the molecule is CC1C=CN(C(=O)Nc2ccccc2)S1. The number of carbonyl (C=O) groups is 1. The summed E-state index contributed by atoms with van der Waals surface area (Å²) >= 11 is 1.50. The van der Waals surface area contributed by atoms with Crippen LogP contribution in [0.4, 0.5) is 10.5 Å². The third-order valence-corrected chi connectivity index (χ3v) is 3.00. The van der Waals surface area contributed by atoms with E-state index in [0.717, 1.165) is 5.69 Å².